The Morgan fingerprint density at radius 3 is 2.64 bits per heavy atom. The van der Waals surface area contributed by atoms with Crippen molar-refractivity contribution >= 4 is 5.91 Å². The molecule has 0 unspecified atom stereocenters. The van der Waals surface area contributed by atoms with E-state index in [0.29, 0.717) is 17.8 Å². The molecule has 1 aromatic heterocycles. The van der Waals surface area contributed by atoms with Gasteiger partial charge in [0.05, 0.1) is 11.3 Å². The van der Waals surface area contributed by atoms with E-state index in [2.05, 4.69) is 51.6 Å². The van der Waals surface area contributed by atoms with E-state index in [1.807, 2.05) is 29.2 Å². The number of nitrogens with zero attached hydrogens (tertiary/aromatic N) is 6. The maximum Gasteiger partial charge on any atom is 0.256 e. The SMILES string of the molecule is Cc1ccccc1CN1CCCN(C(=O)c2ccccc2-n2cnnn2)CC1. The molecule has 1 aliphatic rings. The van der Waals surface area contributed by atoms with Crippen LogP contribution >= 0.6 is 0 Å². The highest BCUT2D eigenvalue weighted by atomic mass is 16.2. The lowest BCUT2D eigenvalue weighted by Crippen LogP contribution is -2.35. The number of benzene rings is 2. The van der Waals surface area contributed by atoms with Crippen molar-refractivity contribution in [3.05, 3.63) is 71.5 Å². The monoisotopic (exact) mass is 376 g/mol. The van der Waals surface area contributed by atoms with E-state index in [4.69, 9.17) is 0 Å². The van der Waals surface area contributed by atoms with Crippen LogP contribution in [0.1, 0.15) is 27.9 Å². The third-order valence-electron chi connectivity index (χ3n) is 5.26. The Morgan fingerprint density at radius 2 is 1.82 bits per heavy atom. The van der Waals surface area contributed by atoms with Crippen molar-refractivity contribution in [2.45, 2.75) is 19.9 Å². The van der Waals surface area contributed by atoms with Gasteiger partial charge in [-0.3, -0.25) is 9.69 Å². The summed E-state index contributed by atoms with van der Waals surface area (Å²) >= 11 is 0. The molecule has 2 heterocycles. The molecule has 1 fully saturated rings. The van der Waals surface area contributed by atoms with Crippen LogP contribution in [-0.2, 0) is 6.54 Å². The molecule has 0 aliphatic carbocycles. The molecular formula is C21H24N6O. The summed E-state index contributed by atoms with van der Waals surface area (Å²) in [6.07, 6.45) is 2.48. The quantitative estimate of drug-likeness (QED) is 0.699. The molecule has 28 heavy (non-hydrogen) atoms. The van der Waals surface area contributed by atoms with Crippen LogP contribution in [0, 0.1) is 6.92 Å². The van der Waals surface area contributed by atoms with Crippen molar-refractivity contribution in [1.82, 2.24) is 30.0 Å². The molecule has 2 aromatic carbocycles. The minimum Gasteiger partial charge on any atom is -0.337 e. The van der Waals surface area contributed by atoms with Crippen LogP contribution in [-0.4, -0.2) is 62.1 Å². The van der Waals surface area contributed by atoms with E-state index >= 15 is 0 Å². The van der Waals surface area contributed by atoms with E-state index in [1.54, 1.807) is 0 Å². The molecule has 1 amide bonds. The molecule has 3 aromatic rings. The van der Waals surface area contributed by atoms with Crippen molar-refractivity contribution < 1.29 is 4.79 Å². The van der Waals surface area contributed by atoms with E-state index in [9.17, 15) is 4.79 Å². The molecule has 0 atom stereocenters. The standard InChI is InChI=1S/C21H24N6O/c1-17-7-2-3-8-18(17)15-25-11-6-12-26(14-13-25)21(28)19-9-4-5-10-20(19)27-16-22-23-24-27/h2-5,7-10,16H,6,11-15H2,1H3. The Labute approximate surface area is 164 Å². The molecule has 1 aliphatic heterocycles. The molecule has 0 bridgehead atoms. The largest absolute Gasteiger partial charge is 0.337 e. The van der Waals surface area contributed by atoms with Crippen LogP contribution in [0.3, 0.4) is 0 Å². The van der Waals surface area contributed by atoms with Gasteiger partial charge in [0.15, 0.2) is 0 Å². The number of aromatic nitrogens is 4. The molecule has 144 valence electrons. The fraction of sp³-hybridized carbons (Fsp3) is 0.333. The van der Waals surface area contributed by atoms with Gasteiger partial charge in [-0.15, -0.1) is 5.10 Å². The topological polar surface area (TPSA) is 67.2 Å². The summed E-state index contributed by atoms with van der Waals surface area (Å²) in [4.78, 5) is 17.6. The van der Waals surface area contributed by atoms with E-state index in [1.165, 1.54) is 22.1 Å². The van der Waals surface area contributed by atoms with E-state index < -0.39 is 0 Å². The summed E-state index contributed by atoms with van der Waals surface area (Å²) in [5.74, 6) is 0.0313. The Hall–Kier alpha value is -3.06. The van der Waals surface area contributed by atoms with Crippen molar-refractivity contribution in [3.8, 4) is 5.69 Å². The fourth-order valence-corrected chi connectivity index (χ4v) is 3.66. The first kappa shape index (κ1) is 18.3. The third-order valence-corrected chi connectivity index (χ3v) is 5.26. The molecule has 4 rings (SSSR count). The Kier molecular flexibility index (Phi) is 5.43. The number of carbonyl (C=O) groups is 1. The number of para-hydroxylation sites is 1. The highest BCUT2D eigenvalue weighted by Gasteiger charge is 2.23. The minimum absolute atomic E-state index is 0.0313. The lowest BCUT2D eigenvalue weighted by molar-refractivity contribution is 0.0761. The third kappa shape index (κ3) is 3.94. The van der Waals surface area contributed by atoms with Crippen LogP contribution in [0.15, 0.2) is 54.9 Å². The van der Waals surface area contributed by atoms with Gasteiger partial charge in [-0.1, -0.05) is 36.4 Å². The van der Waals surface area contributed by atoms with Crippen LogP contribution in [0.2, 0.25) is 0 Å². The second kappa shape index (κ2) is 8.31. The average molecular weight is 376 g/mol. The van der Waals surface area contributed by atoms with Gasteiger partial charge in [-0.05, 0) is 47.0 Å². The zero-order valence-corrected chi connectivity index (χ0v) is 16.0. The number of amides is 1. The predicted octanol–water partition coefficient (Wildman–Crippen LogP) is 2.32. The maximum atomic E-state index is 13.2. The van der Waals surface area contributed by atoms with Gasteiger partial charge >= 0.3 is 0 Å². The zero-order chi connectivity index (χ0) is 19.3. The molecule has 0 saturated carbocycles. The Morgan fingerprint density at radius 1 is 1.00 bits per heavy atom. The fourth-order valence-electron chi connectivity index (χ4n) is 3.66. The summed E-state index contributed by atoms with van der Waals surface area (Å²) in [7, 11) is 0. The van der Waals surface area contributed by atoms with Crippen LogP contribution < -0.4 is 0 Å². The number of rotatable bonds is 4. The lowest BCUT2D eigenvalue weighted by atomic mass is 10.1. The second-order valence-electron chi connectivity index (χ2n) is 7.12. The molecule has 0 spiro atoms. The van der Waals surface area contributed by atoms with Crippen molar-refractivity contribution in [2.75, 3.05) is 26.2 Å². The smallest absolute Gasteiger partial charge is 0.256 e. The van der Waals surface area contributed by atoms with Gasteiger partial charge in [0.2, 0.25) is 0 Å². The maximum absolute atomic E-state index is 13.2. The molecule has 7 nitrogen and oxygen atoms in total. The van der Waals surface area contributed by atoms with Crippen LogP contribution in [0.25, 0.3) is 5.69 Å². The predicted molar refractivity (Wildman–Crippen MR) is 106 cm³/mol. The van der Waals surface area contributed by atoms with Crippen molar-refractivity contribution in [3.63, 3.8) is 0 Å². The summed E-state index contributed by atoms with van der Waals surface area (Å²) in [6, 6.07) is 16.0. The van der Waals surface area contributed by atoms with Crippen molar-refractivity contribution in [2.24, 2.45) is 0 Å². The van der Waals surface area contributed by atoms with E-state index in [0.717, 1.165) is 32.6 Å². The molecule has 7 heteroatoms. The highest BCUT2D eigenvalue weighted by Crippen LogP contribution is 2.18. The second-order valence-corrected chi connectivity index (χ2v) is 7.12. The normalized spacial score (nSPS) is 15.4. The Bertz CT molecular complexity index is 940. The highest BCUT2D eigenvalue weighted by molar-refractivity contribution is 5.97. The molecule has 0 N–H and O–H groups in total. The number of carbonyl (C=O) groups excluding carboxylic acids is 1. The van der Waals surface area contributed by atoms with Crippen LogP contribution in [0.4, 0.5) is 0 Å². The van der Waals surface area contributed by atoms with Gasteiger partial charge < -0.3 is 4.90 Å². The van der Waals surface area contributed by atoms with Gasteiger partial charge in [-0.2, -0.15) is 4.68 Å². The average Bonchev–Trinajstić information content (AvgIpc) is 3.16. The minimum atomic E-state index is 0.0313. The number of hydrogen-bond acceptors (Lipinski definition) is 5. The van der Waals surface area contributed by atoms with Gasteiger partial charge in [0, 0.05) is 32.7 Å². The number of hydrogen-bond donors (Lipinski definition) is 0. The lowest BCUT2D eigenvalue weighted by Gasteiger charge is -2.23. The van der Waals surface area contributed by atoms with Gasteiger partial charge in [0.25, 0.3) is 5.91 Å². The molecule has 0 radical (unpaired) electrons. The summed E-state index contributed by atoms with van der Waals surface area (Å²) < 4.78 is 1.54. The first-order valence-corrected chi connectivity index (χ1v) is 9.61. The summed E-state index contributed by atoms with van der Waals surface area (Å²) in [6.45, 7) is 6.41. The van der Waals surface area contributed by atoms with E-state index in [-0.39, 0.29) is 5.91 Å². The molecule has 1 saturated heterocycles. The summed E-state index contributed by atoms with van der Waals surface area (Å²) in [5, 5.41) is 11.3. The summed E-state index contributed by atoms with van der Waals surface area (Å²) in [5.41, 5.74) is 4.00. The first-order valence-electron chi connectivity index (χ1n) is 9.61. The van der Waals surface area contributed by atoms with Crippen LogP contribution in [0.5, 0.6) is 0 Å². The Balaban J connectivity index is 1.46. The zero-order valence-electron chi connectivity index (χ0n) is 16.0. The number of tetrazole rings is 1. The molecular weight excluding hydrogens is 352 g/mol. The van der Waals surface area contributed by atoms with Gasteiger partial charge in [0.1, 0.15) is 6.33 Å². The number of aryl methyl sites for hydroxylation is 1. The van der Waals surface area contributed by atoms with Crippen molar-refractivity contribution in [1.29, 1.82) is 0 Å². The van der Waals surface area contributed by atoms with Gasteiger partial charge in [-0.25, -0.2) is 0 Å². The first-order chi connectivity index (χ1) is 13.7.